The van der Waals surface area contributed by atoms with Crippen molar-refractivity contribution in [1.29, 1.82) is 0 Å². The maximum absolute atomic E-state index is 10.5. The van der Waals surface area contributed by atoms with Crippen molar-refractivity contribution in [1.82, 2.24) is 0 Å². The summed E-state index contributed by atoms with van der Waals surface area (Å²) in [7, 11) is 0. The lowest BCUT2D eigenvalue weighted by atomic mass is 10.3. The van der Waals surface area contributed by atoms with Gasteiger partial charge in [-0.3, -0.25) is 4.79 Å². The lowest BCUT2D eigenvalue weighted by molar-refractivity contribution is -0.114. The molecule has 116 valence electrons. The molecule has 0 saturated heterocycles. The van der Waals surface area contributed by atoms with Gasteiger partial charge in [0.05, 0.1) is 0 Å². The average molecular weight is 305 g/mol. The standard InChI is InChI=1S/C12H10O.C8H9NO/c1-3-7-11(8-4-1)13-12-9-5-2-6-10-12;1-7(10)9-8-5-3-2-4-6-8/h1-10H;2-6H,1H3,(H,9,10). The summed E-state index contributed by atoms with van der Waals surface area (Å²) in [5.74, 6) is 1.70. The van der Waals surface area contributed by atoms with Crippen LogP contribution >= 0.6 is 0 Å². The molecule has 0 spiro atoms. The molecule has 3 rings (SSSR count). The maximum atomic E-state index is 10.5. The number of rotatable bonds is 3. The minimum atomic E-state index is -0.0359. The number of amides is 1. The molecule has 23 heavy (non-hydrogen) atoms. The molecule has 1 amide bonds. The number of ether oxygens (including phenoxy) is 1. The number of hydrogen-bond donors (Lipinski definition) is 1. The number of carbonyl (C=O) groups is 1. The molecule has 0 aliphatic carbocycles. The third kappa shape index (κ3) is 6.48. The van der Waals surface area contributed by atoms with Crippen LogP contribution in [0.3, 0.4) is 0 Å². The lowest BCUT2D eigenvalue weighted by Crippen LogP contribution is -2.04. The Morgan fingerprint density at radius 1 is 0.696 bits per heavy atom. The summed E-state index contributed by atoms with van der Waals surface area (Å²) < 4.78 is 5.58. The molecule has 3 aromatic rings. The first-order valence-corrected chi connectivity index (χ1v) is 7.34. The molecule has 0 aliphatic rings. The fourth-order valence-corrected chi connectivity index (χ4v) is 1.84. The summed E-state index contributed by atoms with van der Waals surface area (Å²) in [6, 6.07) is 28.9. The summed E-state index contributed by atoms with van der Waals surface area (Å²) in [4.78, 5) is 10.5. The molecule has 0 unspecified atom stereocenters. The largest absolute Gasteiger partial charge is 0.457 e. The highest BCUT2D eigenvalue weighted by molar-refractivity contribution is 5.88. The van der Waals surface area contributed by atoms with Gasteiger partial charge in [-0.2, -0.15) is 0 Å². The second-order valence-electron chi connectivity index (χ2n) is 4.78. The first-order chi connectivity index (χ1) is 11.2. The van der Waals surface area contributed by atoms with E-state index in [9.17, 15) is 4.79 Å². The molecule has 3 aromatic carbocycles. The van der Waals surface area contributed by atoms with Gasteiger partial charge in [-0.1, -0.05) is 54.6 Å². The van der Waals surface area contributed by atoms with Crippen molar-refractivity contribution in [2.75, 3.05) is 5.32 Å². The molecule has 0 aliphatic heterocycles. The van der Waals surface area contributed by atoms with Crippen LogP contribution in [-0.2, 0) is 4.79 Å². The van der Waals surface area contributed by atoms with E-state index in [1.54, 1.807) is 0 Å². The van der Waals surface area contributed by atoms with Gasteiger partial charge in [0, 0.05) is 12.6 Å². The van der Waals surface area contributed by atoms with E-state index in [4.69, 9.17) is 4.74 Å². The van der Waals surface area contributed by atoms with Crippen molar-refractivity contribution < 1.29 is 9.53 Å². The van der Waals surface area contributed by atoms with Crippen LogP contribution in [0.15, 0.2) is 91.0 Å². The van der Waals surface area contributed by atoms with Crippen molar-refractivity contribution in [2.45, 2.75) is 6.92 Å². The molecule has 3 nitrogen and oxygen atoms in total. The Hall–Kier alpha value is -3.07. The highest BCUT2D eigenvalue weighted by Crippen LogP contribution is 2.19. The van der Waals surface area contributed by atoms with E-state index in [1.807, 2.05) is 91.0 Å². The van der Waals surface area contributed by atoms with Crippen molar-refractivity contribution in [2.24, 2.45) is 0 Å². The third-order valence-electron chi connectivity index (χ3n) is 2.82. The van der Waals surface area contributed by atoms with Gasteiger partial charge >= 0.3 is 0 Å². The van der Waals surface area contributed by atoms with Gasteiger partial charge in [0.2, 0.25) is 5.91 Å². The number of anilines is 1. The first kappa shape index (κ1) is 16.3. The molecule has 0 atom stereocenters. The summed E-state index contributed by atoms with van der Waals surface area (Å²) in [5, 5.41) is 2.67. The van der Waals surface area contributed by atoms with Crippen LogP contribution in [0.25, 0.3) is 0 Å². The summed E-state index contributed by atoms with van der Waals surface area (Å²) in [6.07, 6.45) is 0. The monoisotopic (exact) mass is 305 g/mol. The Morgan fingerprint density at radius 3 is 1.48 bits per heavy atom. The normalized spacial score (nSPS) is 9.26. The van der Waals surface area contributed by atoms with E-state index in [1.165, 1.54) is 6.92 Å². The minimum absolute atomic E-state index is 0.0359. The van der Waals surface area contributed by atoms with E-state index in [0.29, 0.717) is 0 Å². The van der Waals surface area contributed by atoms with Crippen LogP contribution in [-0.4, -0.2) is 5.91 Å². The highest BCUT2D eigenvalue weighted by Gasteiger charge is 1.92. The second kappa shape index (κ2) is 9.05. The fraction of sp³-hybridized carbons (Fsp3) is 0.0500. The van der Waals surface area contributed by atoms with Crippen molar-refractivity contribution in [3.8, 4) is 11.5 Å². The molecule has 0 radical (unpaired) electrons. The zero-order valence-corrected chi connectivity index (χ0v) is 13.0. The average Bonchev–Trinajstić information content (AvgIpc) is 2.58. The van der Waals surface area contributed by atoms with E-state index >= 15 is 0 Å². The number of hydrogen-bond acceptors (Lipinski definition) is 2. The molecule has 0 bridgehead atoms. The summed E-state index contributed by atoms with van der Waals surface area (Å²) in [6.45, 7) is 1.49. The molecule has 0 saturated carbocycles. The van der Waals surface area contributed by atoms with E-state index in [0.717, 1.165) is 17.2 Å². The highest BCUT2D eigenvalue weighted by atomic mass is 16.5. The predicted octanol–water partition coefficient (Wildman–Crippen LogP) is 5.12. The summed E-state index contributed by atoms with van der Waals surface area (Å²) >= 11 is 0. The Kier molecular flexibility index (Phi) is 6.42. The SMILES string of the molecule is CC(=O)Nc1ccccc1.c1ccc(Oc2ccccc2)cc1. The number of benzene rings is 3. The lowest BCUT2D eigenvalue weighted by Gasteiger charge is -2.03. The van der Waals surface area contributed by atoms with Gasteiger partial charge in [0.25, 0.3) is 0 Å². The van der Waals surface area contributed by atoms with E-state index in [2.05, 4.69) is 5.32 Å². The fourth-order valence-electron chi connectivity index (χ4n) is 1.84. The van der Waals surface area contributed by atoms with Gasteiger partial charge in [-0.25, -0.2) is 0 Å². The molecule has 3 heteroatoms. The predicted molar refractivity (Wildman–Crippen MR) is 93.7 cm³/mol. The van der Waals surface area contributed by atoms with Crippen LogP contribution < -0.4 is 10.1 Å². The van der Waals surface area contributed by atoms with Gasteiger partial charge in [-0.15, -0.1) is 0 Å². The first-order valence-electron chi connectivity index (χ1n) is 7.34. The zero-order chi connectivity index (χ0) is 16.3. The minimum Gasteiger partial charge on any atom is -0.457 e. The Labute approximate surface area is 136 Å². The van der Waals surface area contributed by atoms with Gasteiger partial charge in [0.15, 0.2) is 0 Å². The van der Waals surface area contributed by atoms with E-state index < -0.39 is 0 Å². The topological polar surface area (TPSA) is 38.3 Å². The Bertz CT molecular complexity index is 660. The second-order valence-corrected chi connectivity index (χ2v) is 4.78. The van der Waals surface area contributed by atoms with Gasteiger partial charge < -0.3 is 10.1 Å². The molecule has 1 N–H and O–H groups in total. The van der Waals surface area contributed by atoms with Crippen LogP contribution in [0, 0.1) is 0 Å². The van der Waals surface area contributed by atoms with Gasteiger partial charge in [-0.05, 0) is 36.4 Å². The van der Waals surface area contributed by atoms with Crippen molar-refractivity contribution in [3.63, 3.8) is 0 Å². The Morgan fingerprint density at radius 2 is 1.09 bits per heavy atom. The van der Waals surface area contributed by atoms with Crippen LogP contribution in [0.5, 0.6) is 11.5 Å². The smallest absolute Gasteiger partial charge is 0.221 e. The van der Waals surface area contributed by atoms with Crippen LogP contribution in [0.1, 0.15) is 6.92 Å². The molecular formula is C20H19NO2. The quantitative estimate of drug-likeness (QED) is 0.729. The molecular weight excluding hydrogens is 286 g/mol. The van der Waals surface area contributed by atoms with Crippen LogP contribution in [0.4, 0.5) is 5.69 Å². The third-order valence-corrected chi connectivity index (χ3v) is 2.82. The van der Waals surface area contributed by atoms with Crippen molar-refractivity contribution >= 4 is 11.6 Å². The van der Waals surface area contributed by atoms with Gasteiger partial charge in [0.1, 0.15) is 11.5 Å². The summed E-state index contributed by atoms with van der Waals surface area (Å²) in [5.41, 5.74) is 0.843. The molecule has 0 fully saturated rings. The maximum Gasteiger partial charge on any atom is 0.221 e. The molecule has 0 aromatic heterocycles. The Balaban J connectivity index is 0.000000174. The van der Waals surface area contributed by atoms with E-state index in [-0.39, 0.29) is 5.91 Å². The number of carbonyl (C=O) groups excluding carboxylic acids is 1. The van der Waals surface area contributed by atoms with Crippen LogP contribution in [0.2, 0.25) is 0 Å². The van der Waals surface area contributed by atoms with Crippen molar-refractivity contribution in [3.05, 3.63) is 91.0 Å². The zero-order valence-electron chi connectivity index (χ0n) is 13.0. The molecule has 0 heterocycles. The number of nitrogens with one attached hydrogen (secondary N) is 1. The number of para-hydroxylation sites is 3.